The monoisotopic (exact) mass is 285 g/mol. The highest BCUT2D eigenvalue weighted by Crippen LogP contribution is 2.11. The second kappa shape index (κ2) is 6.05. The Bertz CT molecular complexity index is 685. The van der Waals surface area contributed by atoms with Crippen molar-refractivity contribution in [2.75, 3.05) is 13.6 Å². The first-order chi connectivity index (χ1) is 10.2. The number of rotatable bonds is 6. The smallest absolute Gasteiger partial charge is 0.240 e. The minimum Gasteiger partial charge on any atom is -0.342 e. The number of H-pyrrole nitrogens is 1. The fourth-order valence-electron chi connectivity index (χ4n) is 2.23. The van der Waals surface area contributed by atoms with E-state index in [-0.39, 0.29) is 0 Å². The normalized spacial score (nSPS) is 11.6. The first kappa shape index (κ1) is 13.8. The van der Waals surface area contributed by atoms with Gasteiger partial charge < -0.3 is 9.51 Å². The zero-order chi connectivity index (χ0) is 14.7. The maximum atomic E-state index is 5.20. The molecular weight excluding hydrogens is 266 g/mol. The largest absolute Gasteiger partial charge is 0.342 e. The third-order valence-corrected chi connectivity index (χ3v) is 3.40. The summed E-state index contributed by atoms with van der Waals surface area (Å²) in [5.41, 5.74) is 2.10. The highest BCUT2D eigenvalue weighted by molar-refractivity contribution is 5.74. The first-order valence-corrected chi connectivity index (χ1v) is 7.18. The molecule has 3 rings (SSSR count). The van der Waals surface area contributed by atoms with Crippen molar-refractivity contribution in [3.05, 3.63) is 41.8 Å². The van der Waals surface area contributed by atoms with Crippen molar-refractivity contribution in [3.63, 3.8) is 0 Å². The standard InChI is InChI=1S/C15H19N5O/c1-3-13-18-15(21-19-13)10-20(2)9-8-14-16-11-6-4-5-7-12(11)17-14/h4-7H,3,8-10H2,1-2H3,(H,16,17). The number of imidazole rings is 1. The number of nitrogens with zero attached hydrogens (tertiary/aromatic N) is 4. The summed E-state index contributed by atoms with van der Waals surface area (Å²) in [6.45, 7) is 3.55. The fraction of sp³-hybridized carbons (Fsp3) is 0.400. The lowest BCUT2D eigenvalue weighted by atomic mass is 10.3. The maximum absolute atomic E-state index is 5.20. The molecule has 0 aliphatic heterocycles. The van der Waals surface area contributed by atoms with Gasteiger partial charge in [-0.2, -0.15) is 4.98 Å². The van der Waals surface area contributed by atoms with Crippen LogP contribution in [0, 0.1) is 0 Å². The molecule has 110 valence electrons. The van der Waals surface area contributed by atoms with Gasteiger partial charge in [-0.25, -0.2) is 4.98 Å². The van der Waals surface area contributed by atoms with Gasteiger partial charge in [0, 0.05) is 19.4 Å². The molecule has 21 heavy (non-hydrogen) atoms. The van der Waals surface area contributed by atoms with E-state index in [1.54, 1.807) is 0 Å². The van der Waals surface area contributed by atoms with Crippen LogP contribution >= 0.6 is 0 Å². The van der Waals surface area contributed by atoms with Crippen LogP contribution in [0.3, 0.4) is 0 Å². The van der Waals surface area contributed by atoms with Crippen molar-refractivity contribution in [1.82, 2.24) is 25.0 Å². The number of aryl methyl sites for hydroxylation is 1. The van der Waals surface area contributed by atoms with E-state index >= 15 is 0 Å². The Morgan fingerprint density at radius 3 is 2.86 bits per heavy atom. The Labute approximate surface area is 123 Å². The molecule has 0 saturated heterocycles. The van der Waals surface area contributed by atoms with Crippen molar-refractivity contribution in [1.29, 1.82) is 0 Å². The van der Waals surface area contributed by atoms with Crippen molar-refractivity contribution in [2.45, 2.75) is 26.3 Å². The average molecular weight is 285 g/mol. The molecular formula is C15H19N5O. The summed E-state index contributed by atoms with van der Waals surface area (Å²) in [5, 5.41) is 3.90. The predicted molar refractivity (Wildman–Crippen MR) is 79.8 cm³/mol. The lowest BCUT2D eigenvalue weighted by Gasteiger charge is -2.12. The zero-order valence-corrected chi connectivity index (χ0v) is 12.3. The summed E-state index contributed by atoms with van der Waals surface area (Å²) in [6, 6.07) is 8.07. The summed E-state index contributed by atoms with van der Waals surface area (Å²) >= 11 is 0. The molecule has 3 aromatic rings. The minimum absolute atomic E-state index is 0.660. The van der Waals surface area contributed by atoms with E-state index < -0.39 is 0 Å². The van der Waals surface area contributed by atoms with Crippen LogP contribution < -0.4 is 0 Å². The van der Waals surface area contributed by atoms with Gasteiger partial charge in [0.05, 0.1) is 17.6 Å². The zero-order valence-electron chi connectivity index (χ0n) is 12.3. The summed E-state index contributed by atoms with van der Waals surface area (Å²) in [6.07, 6.45) is 1.66. The number of nitrogens with one attached hydrogen (secondary N) is 1. The van der Waals surface area contributed by atoms with Gasteiger partial charge in [0.2, 0.25) is 5.89 Å². The number of aromatic nitrogens is 4. The first-order valence-electron chi connectivity index (χ1n) is 7.18. The number of hydrogen-bond acceptors (Lipinski definition) is 5. The van der Waals surface area contributed by atoms with Crippen LogP contribution in [-0.4, -0.2) is 38.6 Å². The maximum Gasteiger partial charge on any atom is 0.240 e. The Hall–Kier alpha value is -2.21. The van der Waals surface area contributed by atoms with Crippen molar-refractivity contribution in [3.8, 4) is 0 Å². The van der Waals surface area contributed by atoms with Gasteiger partial charge in [0.1, 0.15) is 5.82 Å². The Balaban J connectivity index is 1.56. The van der Waals surface area contributed by atoms with Crippen molar-refractivity contribution in [2.24, 2.45) is 0 Å². The molecule has 0 fully saturated rings. The van der Waals surface area contributed by atoms with Gasteiger partial charge in [0.25, 0.3) is 0 Å². The van der Waals surface area contributed by atoms with E-state index in [9.17, 15) is 0 Å². The average Bonchev–Trinajstić information content (AvgIpc) is 3.10. The number of aromatic amines is 1. The Kier molecular flexibility index (Phi) is 3.96. The van der Waals surface area contributed by atoms with Gasteiger partial charge >= 0.3 is 0 Å². The number of likely N-dealkylation sites (N-methyl/N-ethyl adjacent to an activating group) is 1. The number of hydrogen-bond donors (Lipinski definition) is 1. The molecule has 6 heteroatoms. The summed E-state index contributed by atoms with van der Waals surface area (Å²) in [4.78, 5) is 14.4. The van der Waals surface area contributed by atoms with E-state index in [2.05, 4.69) is 25.0 Å². The van der Waals surface area contributed by atoms with Crippen LogP contribution in [0.5, 0.6) is 0 Å². The Morgan fingerprint density at radius 2 is 2.10 bits per heavy atom. The second-order valence-electron chi connectivity index (χ2n) is 5.15. The van der Waals surface area contributed by atoms with Gasteiger partial charge in [-0.1, -0.05) is 24.2 Å². The summed E-state index contributed by atoms with van der Waals surface area (Å²) in [7, 11) is 2.04. The van der Waals surface area contributed by atoms with Crippen LogP contribution in [0.25, 0.3) is 11.0 Å². The van der Waals surface area contributed by atoms with Crippen molar-refractivity contribution >= 4 is 11.0 Å². The van der Waals surface area contributed by atoms with Crippen LogP contribution in [0.15, 0.2) is 28.8 Å². The van der Waals surface area contributed by atoms with Gasteiger partial charge in [0.15, 0.2) is 5.82 Å². The molecule has 0 amide bonds. The topological polar surface area (TPSA) is 70.8 Å². The highest BCUT2D eigenvalue weighted by atomic mass is 16.5. The van der Waals surface area contributed by atoms with Crippen LogP contribution in [0.1, 0.15) is 24.5 Å². The third-order valence-electron chi connectivity index (χ3n) is 3.40. The lowest BCUT2D eigenvalue weighted by molar-refractivity contribution is 0.267. The molecule has 2 aromatic heterocycles. The Morgan fingerprint density at radius 1 is 1.24 bits per heavy atom. The molecule has 0 aliphatic rings. The summed E-state index contributed by atoms with van der Waals surface area (Å²) < 4.78 is 5.20. The van der Waals surface area contributed by atoms with Gasteiger partial charge in [-0.3, -0.25) is 4.90 Å². The second-order valence-corrected chi connectivity index (χ2v) is 5.15. The van der Waals surface area contributed by atoms with Crippen molar-refractivity contribution < 1.29 is 4.52 Å². The van der Waals surface area contributed by atoms with E-state index in [0.29, 0.717) is 12.4 Å². The molecule has 0 unspecified atom stereocenters. The fourth-order valence-corrected chi connectivity index (χ4v) is 2.23. The molecule has 2 heterocycles. The molecule has 1 N–H and O–H groups in total. The van der Waals surface area contributed by atoms with E-state index in [1.165, 1.54) is 0 Å². The third kappa shape index (κ3) is 3.28. The van der Waals surface area contributed by atoms with Crippen LogP contribution in [0.2, 0.25) is 0 Å². The van der Waals surface area contributed by atoms with E-state index in [1.807, 2.05) is 38.2 Å². The molecule has 0 spiro atoms. The molecule has 1 aromatic carbocycles. The van der Waals surface area contributed by atoms with E-state index in [0.717, 1.165) is 42.1 Å². The quantitative estimate of drug-likeness (QED) is 0.751. The number of para-hydroxylation sites is 2. The van der Waals surface area contributed by atoms with E-state index in [4.69, 9.17) is 4.52 Å². The number of benzene rings is 1. The summed E-state index contributed by atoms with van der Waals surface area (Å²) in [5.74, 6) is 2.43. The SMILES string of the molecule is CCc1noc(CN(C)CCc2nc3ccccc3[nH]2)n1. The van der Waals surface area contributed by atoms with Crippen LogP contribution in [0.4, 0.5) is 0 Å². The molecule has 0 aliphatic carbocycles. The molecule has 6 nitrogen and oxygen atoms in total. The van der Waals surface area contributed by atoms with Crippen LogP contribution in [-0.2, 0) is 19.4 Å². The van der Waals surface area contributed by atoms with Gasteiger partial charge in [-0.15, -0.1) is 0 Å². The lowest BCUT2D eigenvalue weighted by Crippen LogP contribution is -2.21. The highest BCUT2D eigenvalue weighted by Gasteiger charge is 2.09. The van der Waals surface area contributed by atoms with Gasteiger partial charge in [-0.05, 0) is 19.2 Å². The minimum atomic E-state index is 0.660. The molecule has 0 saturated carbocycles. The molecule has 0 radical (unpaired) electrons. The molecule has 0 atom stereocenters. The molecule has 0 bridgehead atoms. The number of fused-ring (bicyclic) bond motifs is 1. The predicted octanol–water partition coefficient (Wildman–Crippen LogP) is 2.18.